The SMILES string of the molecule is CCNC(=NCc1nccn1Cc1ccccc1)NCCc1ccccc1Cl. The Bertz CT molecular complexity index is 889. The van der Waals surface area contributed by atoms with Gasteiger partial charge in [-0.3, -0.25) is 0 Å². The lowest BCUT2D eigenvalue weighted by Gasteiger charge is -2.12. The first-order valence-corrected chi connectivity index (χ1v) is 9.93. The summed E-state index contributed by atoms with van der Waals surface area (Å²) in [6.45, 7) is 4.93. The van der Waals surface area contributed by atoms with Gasteiger partial charge in [-0.15, -0.1) is 0 Å². The second kappa shape index (κ2) is 10.5. The van der Waals surface area contributed by atoms with Crippen molar-refractivity contribution in [1.29, 1.82) is 0 Å². The number of halogens is 1. The van der Waals surface area contributed by atoms with Crippen molar-refractivity contribution in [2.24, 2.45) is 4.99 Å². The van der Waals surface area contributed by atoms with Gasteiger partial charge in [0, 0.05) is 37.1 Å². The zero-order valence-corrected chi connectivity index (χ0v) is 16.9. The molecule has 2 N–H and O–H groups in total. The van der Waals surface area contributed by atoms with Crippen molar-refractivity contribution in [3.05, 3.63) is 89.0 Å². The van der Waals surface area contributed by atoms with Crippen LogP contribution in [0.3, 0.4) is 0 Å². The predicted octanol–water partition coefficient (Wildman–Crippen LogP) is 3.88. The third-order valence-electron chi connectivity index (χ3n) is 4.36. The van der Waals surface area contributed by atoms with E-state index in [4.69, 9.17) is 11.6 Å². The van der Waals surface area contributed by atoms with Crippen LogP contribution in [-0.4, -0.2) is 28.6 Å². The number of nitrogens with one attached hydrogen (secondary N) is 2. The molecule has 0 saturated carbocycles. The molecule has 3 aromatic rings. The average Bonchev–Trinajstić information content (AvgIpc) is 3.15. The quantitative estimate of drug-likeness (QED) is 0.449. The second-order valence-electron chi connectivity index (χ2n) is 6.42. The van der Waals surface area contributed by atoms with Gasteiger partial charge in [-0.05, 0) is 30.5 Å². The number of rotatable bonds is 8. The molecule has 0 aliphatic rings. The van der Waals surface area contributed by atoms with E-state index < -0.39 is 0 Å². The topological polar surface area (TPSA) is 54.2 Å². The van der Waals surface area contributed by atoms with E-state index in [0.717, 1.165) is 48.4 Å². The van der Waals surface area contributed by atoms with Crippen LogP contribution in [0.2, 0.25) is 5.02 Å². The van der Waals surface area contributed by atoms with Crippen LogP contribution in [0.25, 0.3) is 0 Å². The van der Waals surface area contributed by atoms with Crippen LogP contribution in [-0.2, 0) is 19.5 Å². The molecular formula is C22H26ClN5. The molecule has 0 aliphatic heterocycles. The van der Waals surface area contributed by atoms with E-state index >= 15 is 0 Å². The van der Waals surface area contributed by atoms with Crippen LogP contribution in [0.5, 0.6) is 0 Å². The molecule has 2 aromatic carbocycles. The van der Waals surface area contributed by atoms with Gasteiger partial charge >= 0.3 is 0 Å². The van der Waals surface area contributed by atoms with E-state index in [9.17, 15) is 0 Å². The standard InChI is InChI=1S/C22H26ClN5/c1-2-24-22(26-13-12-19-10-6-7-11-20(19)23)27-16-21-25-14-15-28(21)17-18-8-4-3-5-9-18/h3-11,14-15H,2,12-13,16-17H2,1H3,(H2,24,26,27). The number of hydrogen-bond acceptors (Lipinski definition) is 2. The number of nitrogens with zero attached hydrogens (tertiary/aromatic N) is 3. The Morgan fingerprint density at radius 2 is 1.86 bits per heavy atom. The molecule has 0 spiro atoms. The van der Waals surface area contributed by atoms with Crippen molar-refractivity contribution >= 4 is 17.6 Å². The highest BCUT2D eigenvalue weighted by molar-refractivity contribution is 6.31. The van der Waals surface area contributed by atoms with Crippen molar-refractivity contribution < 1.29 is 0 Å². The lowest BCUT2D eigenvalue weighted by atomic mass is 10.1. The molecule has 6 heteroatoms. The summed E-state index contributed by atoms with van der Waals surface area (Å²) in [7, 11) is 0. The normalized spacial score (nSPS) is 11.4. The summed E-state index contributed by atoms with van der Waals surface area (Å²) < 4.78 is 2.13. The van der Waals surface area contributed by atoms with Crippen molar-refractivity contribution in [2.75, 3.05) is 13.1 Å². The van der Waals surface area contributed by atoms with E-state index in [0.29, 0.717) is 6.54 Å². The van der Waals surface area contributed by atoms with E-state index in [-0.39, 0.29) is 0 Å². The van der Waals surface area contributed by atoms with E-state index in [2.05, 4.69) is 62.4 Å². The molecule has 0 bridgehead atoms. The summed E-state index contributed by atoms with van der Waals surface area (Å²) in [5.41, 5.74) is 2.38. The number of aliphatic imine (C=N–C) groups is 1. The van der Waals surface area contributed by atoms with Crippen LogP contribution < -0.4 is 10.6 Å². The van der Waals surface area contributed by atoms with Crippen molar-refractivity contribution in [3.63, 3.8) is 0 Å². The fourth-order valence-electron chi connectivity index (χ4n) is 2.92. The van der Waals surface area contributed by atoms with E-state index in [1.54, 1.807) is 0 Å². The van der Waals surface area contributed by atoms with Crippen molar-refractivity contribution in [2.45, 2.75) is 26.4 Å². The highest BCUT2D eigenvalue weighted by atomic mass is 35.5. The summed E-state index contributed by atoms with van der Waals surface area (Å²) in [6, 6.07) is 18.3. The molecule has 0 fully saturated rings. The maximum atomic E-state index is 6.23. The Labute approximate surface area is 171 Å². The fraction of sp³-hybridized carbons (Fsp3) is 0.273. The molecule has 0 amide bonds. The Hall–Kier alpha value is -2.79. The maximum Gasteiger partial charge on any atom is 0.191 e. The van der Waals surface area contributed by atoms with Crippen LogP contribution in [0.15, 0.2) is 72.0 Å². The van der Waals surface area contributed by atoms with Gasteiger partial charge in [0.2, 0.25) is 0 Å². The zero-order chi connectivity index (χ0) is 19.6. The van der Waals surface area contributed by atoms with Gasteiger partial charge in [0.1, 0.15) is 12.4 Å². The molecule has 0 atom stereocenters. The first-order chi connectivity index (χ1) is 13.8. The minimum absolute atomic E-state index is 0.515. The first-order valence-electron chi connectivity index (χ1n) is 9.55. The molecule has 1 aromatic heterocycles. The molecule has 28 heavy (non-hydrogen) atoms. The minimum Gasteiger partial charge on any atom is -0.357 e. The number of aromatic nitrogens is 2. The lowest BCUT2D eigenvalue weighted by Crippen LogP contribution is -2.38. The predicted molar refractivity (Wildman–Crippen MR) is 116 cm³/mol. The maximum absolute atomic E-state index is 6.23. The zero-order valence-electron chi connectivity index (χ0n) is 16.1. The molecule has 0 unspecified atom stereocenters. The van der Waals surface area contributed by atoms with Crippen LogP contribution >= 0.6 is 11.6 Å². The number of benzene rings is 2. The van der Waals surface area contributed by atoms with Gasteiger partial charge in [-0.1, -0.05) is 60.1 Å². The lowest BCUT2D eigenvalue weighted by molar-refractivity contribution is 0.716. The highest BCUT2D eigenvalue weighted by Crippen LogP contribution is 2.14. The monoisotopic (exact) mass is 395 g/mol. The molecule has 3 rings (SSSR count). The van der Waals surface area contributed by atoms with Crippen molar-refractivity contribution in [3.8, 4) is 0 Å². The largest absolute Gasteiger partial charge is 0.357 e. The van der Waals surface area contributed by atoms with Crippen molar-refractivity contribution in [1.82, 2.24) is 20.2 Å². The Morgan fingerprint density at radius 1 is 1.07 bits per heavy atom. The summed E-state index contributed by atoms with van der Waals surface area (Å²) in [6.07, 6.45) is 4.66. The highest BCUT2D eigenvalue weighted by Gasteiger charge is 2.05. The molecule has 0 saturated heterocycles. The summed E-state index contributed by atoms with van der Waals surface area (Å²) in [5.74, 6) is 1.72. The Balaban J connectivity index is 1.59. The van der Waals surface area contributed by atoms with Crippen LogP contribution in [0.1, 0.15) is 23.9 Å². The molecular weight excluding hydrogens is 370 g/mol. The second-order valence-corrected chi connectivity index (χ2v) is 6.83. The van der Waals surface area contributed by atoms with Crippen LogP contribution in [0, 0.1) is 0 Å². The summed E-state index contributed by atoms with van der Waals surface area (Å²) in [4.78, 5) is 9.16. The van der Waals surface area contributed by atoms with Gasteiger partial charge in [-0.2, -0.15) is 0 Å². The Morgan fingerprint density at radius 3 is 2.64 bits per heavy atom. The number of imidazole rings is 1. The Kier molecular flexibility index (Phi) is 7.50. The van der Waals surface area contributed by atoms with Gasteiger partial charge in [0.15, 0.2) is 5.96 Å². The molecule has 146 valence electrons. The number of hydrogen-bond donors (Lipinski definition) is 2. The molecule has 0 radical (unpaired) electrons. The van der Waals surface area contributed by atoms with E-state index in [1.807, 2.05) is 36.7 Å². The van der Waals surface area contributed by atoms with Gasteiger partial charge in [0.25, 0.3) is 0 Å². The number of guanidine groups is 1. The summed E-state index contributed by atoms with van der Waals surface area (Å²) >= 11 is 6.23. The average molecular weight is 396 g/mol. The smallest absolute Gasteiger partial charge is 0.191 e. The third kappa shape index (κ3) is 5.86. The minimum atomic E-state index is 0.515. The third-order valence-corrected chi connectivity index (χ3v) is 4.73. The fourth-order valence-corrected chi connectivity index (χ4v) is 3.15. The van der Waals surface area contributed by atoms with E-state index in [1.165, 1.54) is 5.56 Å². The first kappa shape index (κ1) is 20.0. The van der Waals surface area contributed by atoms with Gasteiger partial charge < -0.3 is 15.2 Å². The summed E-state index contributed by atoms with van der Waals surface area (Å²) in [5, 5.41) is 7.46. The molecule has 5 nitrogen and oxygen atoms in total. The van der Waals surface area contributed by atoms with Gasteiger partial charge in [-0.25, -0.2) is 9.98 Å². The van der Waals surface area contributed by atoms with Crippen LogP contribution in [0.4, 0.5) is 0 Å². The van der Waals surface area contributed by atoms with Gasteiger partial charge in [0.05, 0.1) is 0 Å². The molecule has 1 heterocycles. The molecule has 0 aliphatic carbocycles.